The Morgan fingerprint density at radius 3 is 2.11 bits per heavy atom. The predicted octanol–water partition coefficient (Wildman–Crippen LogP) is 1.95. The fraction of sp³-hybridized carbons (Fsp3) is 0.333. The van der Waals surface area contributed by atoms with Gasteiger partial charge in [0.05, 0.1) is 6.54 Å². The van der Waals surface area contributed by atoms with Gasteiger partial charge in [-0.2, -0.15) is 5.06 Å². The largest absolute Gasteiger partial charge is 0.508 e. The molecule has 4 N–H and O–H groups in total. The van der Waals surface area contributed by atoms with Crippen molar-refractivity contribution >= 4 is 23.8 Å². The normalized spacial score (nSPS) is 20.5. The second kappa shape index (κ2) is 14.2. The number of hydroxylamine groups is 2. The second-order valence-electron chi connectivity index (χ2n) is 11.1. The molecule has 0 bridgehead atoms. The molecule has 2 saturated heterocycles. The summed E-state index contributed by atoms with van der Waals surface area (Å²) in [6.45, 7) is -0.250. The molecule has 45 heavy (non-hydrogen) atoms. The first-order chi connectivity index (χ1) is 21.8. The van der Waals surface area contributed by atoms with Gasteiger partial charge in [0, 0.05) is 32.4 Å². The number of rotatable bonds is 11. The zero-order valence-corrected chi connectivity index (χ0v) is 24.6. The number of aliphatic hydroxyl groups is 1. The van der Waals surface area contributed by atoms with Crippen molar-refractivity contribution in [2.24, 2.45) is 0 Å². The summed E-state index contributed by atoms with van der Waals surface area (Å²) in [7, 11) is 0. The minimum Gasteiger partial charge on any atom is -0.508 e. The third-order valence-electron chi connectivity index (χ3n) is 8.03. The zero-order valence-electron chi connectivity index (χ0n) is 24.6. The molecule has 3 aromatic carbocycles. The Morgan fingerprint density at radius 2 is 1.49 bits per heavy atom. The highest BCUT2D eigenvalue weighted by atomic mass is 16.7. The molecule has 2 heterocycles. The maximum absolute atomic E-state index is 14.5. The van der Waals surface area contributed by atoms with Crippen molar-refractivity contribution in [3.63, 3.8) is 0 Å². The van der Waals surface area contributed by atoms with E-state index in [1.165, 1.54) is 21.9 Å². The van der Waals surface area contributed by atoms with E-state index >= 15 is 0 Å². The number of nitrogens with zero attached hydrogens (tertiary/aromatic N) is 3. The van der Waals surface area contributed by atoms with Gasteiger partial charge >= 0.3 is 6.09 Å². The van der Waals surface area contributed by atoms with Gasteiger partial charge in [-0.05, 0) is 35.2 Å². The number of piperazine rings is 1. The summed E-state index contributed by atoms with van der Waals surface area (Å²) >= 11 is 0. The van der Waals surface area contributed by atoms with Crippen LogP contribution in [-0.2, 0) is 38.5 Å². The summed E-state index contributed by atoms with van der Waals surface area (Å²) in [4.78, 5) is 63.2. The van der Waals surface area contributed by atoms with E-state index in [-0.39, 0.29) is 44.7 Å². The van der Waals surface area contributed by atoms with Crippen molar-refractivity contribution in [3.8, 4) is 5.75 Å². The molecular formula is C33H36N4O8. The minimum absolute atomic E-state index is 0.00750. The van der Waals surface area contributed by atoms with Crippen LogP contribution in [0.5, 0.6) is 5.75 Å². The van der Waals surface area contributed by atoms with Crippen LogP contribution in [0.25, 0.3) is 0 Å². The first-order valence-electron chi connectivity index (χ1n) is 14.8. The van der Waals surface area contributed by atoms with Gasteiger partial charge in [-0.15, -0.1) is 0 Å². The summed E-state index contributed by atoms with van der Waals surface area (Å²) in [6.07, 6.45) is -3.34. The molecule has 2 fully saturated rings. The molecule has 0 aromatic heterocycles. The van der Waals surface area contributed by atoms with Crippen molar-refractivity contribution in [3.05, 3.63) is 102 Å². The number of carbonyl (C=O) groups is 4. The summed E-state index contributed by atoms with van der Waals surface area (Å²) in [5, 5.41) is 32.8. The molecule has 4 atom stereocenters. The summed E-state index contributed by atoms with van der Waals surface area (Å²) < 4.78 is 0. The number of carboxylic acid groups (broad SMARTS) is 1. The molecular weight excluding hydrogens is 580 g/mol. The van der Waals surface area contributed by atoms with Crippen molar-refractivity contribution in [1.29, 1.82) is 0 Å². The number of aliphatic hydroxyl groups excluding tert-OH is 1. The molecule has 3 aromatic rings. The number of aromatic hydroxyl groups is 1. The van der Waals surface area contributed by atoms with Crippen LogP contribution in [0.4, 0.5) is 4.79 Å². The maximum atomic E-state index is 14.5. The average molecular weight is 617 g/mol. The van der Waals surface area contributed by atoms with Crippen molar-refractivity contribution in [2.75, 3.05) is 19.7 Å². The highest BCUT2D eigenvalue weighted by molar-refractivity contribution is 5.95. The van der Waals surface area contributed by atoms with Crippen molar-refractivity contribution in [2.45, 2.75) is 50.0 Å². The van der Waals surface area contributed by atoms with Gasteiger partial charge in [-0.25, -0.2) is 4.79 Å². The third-order valence-corrected chi connectivity index (χ3v) is 8.03. The monoisotopic (exact) mass is 616 g/mol. The number of fused-ring (bicyclic) bond motifs is 1. The molecule has 0 spiro atoms. The van der Waals surface area contributed by atoms with Crippen LogP contribution in [0.15, 0.2) is 84.9 Å². The van der Waals surface area contributed by atoms with Gasteiger partial charge in [0.1, 0.15) is 17.8 Å². The van der Waals surface area contributed by atoms with Crippen LogP contribution in [-0.4, -0.2) is 98.0 Å². The fourth-order valence-electron chi connectivity index (χ4n) is 5.82. The Morgan fingerprint density at radius 1 is 0.867 bits per heavy atom. The van der Waals surface area contributed by atoms with Gasteiger partial charge in [0.2, 0.25) is 11.8 Å². The maximum Gasteiger partial charge on any atom is 0.433 e. The third kappa shape index (κ3) is 7.24. The molecule has 12 heteroatoms. The van der Waals surface area contributed by atoms with E-state index in [0.717, 1.165) is 11.1 Å². The first-order valence-corrected chi connectivity index (χ1v) is 14.8. The Balaban J connectivity index is 1.54. The van der Waals surface area contributed by atoms with E-state index in [9.17, 15) is 34.5 Å². The highest BCUT2D eigenvalue weighted by Gasteiger charge is 2.54. The molecule has 4 amide bonds. The van der Waals surface area contributed by atoms with E-state index in [2.05, 4.69) is 5.32 Å². The quantitative estimate of drug-likeness (QED) is 0.238. The lowest BCUT2D eigenvalue weighted by Gasteiger charge is -2.53. The number of carbonyl (C=O) groups excluding carboxylic acids is 3. The van der Waals surface area contributed by atoms with Crippen LogP contribution in [0.1, 0.15) is 23.1 Å². The van der Waals surface area contributed by atoms with Gasteiger partial charge in [-0.3, -0.25) is 19.2 Å². The SMILES string of the molecule is O=C(NCCCO)C(Cc1ccccc1)N1CC2N(C(=O)O)O[C@H](Cc3ccccc3)C(=O)N2[C@@H](Cc2ccc(O)cc2)C1=O. The Hall–Kier alpha value is -4.94. The standard InChI is InChI=1S/C33H36N4O8/c38-17-7-16-34-30(40)26(18-22-8-3-1-4-9-22)35-21-29-36(27(31(35)41)19-24-12-14-25(39)15-13-24)32(42)28(45-37(29)33(43)44)20-23-10-5-2-6-11-23/h1-6,8-15,26-29,38-39H,7,16-21H2,(H,34,40)(H,43,44)/t26?,27-,28+,29?/m0/s1. The average Bonchev–Trinajstić information content (AvgIpc) is 3.04. The van der Waals surface area contributed by atoms with Gasteiger partial charge < -0.3 is 30.4 Å². The topological polar surface area (TPSA) is 160 Å². The van der Waals surface area contributed by atoms with Crippen LogP contribution in [0.2, 0.25) is 0 Å². The Bertz CT molecular complexity index is 1490. The molecule has 12 nitrogen and oxygen atoms in total. The van der Waals surface area contributed by atoms with E-state index in [1.807, 2.05) is 36.4 Å². The zero-order chi connectivity index (χ0) is 31.9. The fourth-order valence-corrected chi connectivity index (χ4v) is 5.82. The Labute approximate surface area is 260 Å². The second-order valence-corrected chi connectivity index (χ2v) is 11.1. The summed E-state index contributed by atoms with van der Waals surface area (Å²) in [5.41, 5.74) is 2.15. The highest BCUT2D eigenvalue weighted by Crippen LogP contribution is 2.32. The smallest absolute Gasteiger partial charge is 0.433 e. The van der Waals surface area contributed by atoms with Crippen molar-refractivity contribution in [1.82, 2.24) is 20.2 Å². The lowest BCUT2D eigenvalue weighted by atomic mass is 9.94. The Kier molecular flexibility index (Phi) is 9.95. The number of amides is 4. The molecule has 0 radical (unpaired) electrons. The first kappa shape index (κ1) is 31.5. The lowest BCUT2D eigenvalue weighted by Crippen LogP contribution is -2.75. The predicted molar refractivity (Wildman–Crippen MR) is 161 cm³/mol. The molecule has 0 saturated carbocycles. The van der Waals surface area contributed by atoms with E-state index < -0.39 is 48.2 Å². The number of benzene rings is 3. The van der Waals surface area contributed by atoms with Crippen molar-refractivity contribution < 1.29 is 39.3 Å². The molecule has 236 valence electrons. The van der Waals surface area contributed by atoms with E-state index in [4.69, 9.17) is 4.84 Å². The number of nitrogens with one attached hydrogen (secondary N) is 1. The minimum atomic E-state index is -1.44. The van der Waals surface area contributed by atoms with Crippen LogP contribution in [0.3, 0.4) is 0 Å². The summed E-state index contributed by atoms with van der Waals surface area (Å²) in [6, 6.07) is 22.1. The molecule has 2 aliphatic heterocycles. The summed E-state index contributed by atoms with van der Waals surface area (Å²) in [5.74, 6) is -1.50. The van der Waals surface area contributed by atoms with Gasteiger partial charge in [0.15, 0.2) is 12.3 Å². The molecule has 0 aliphatic carbocycles. The molecule has 2 aliphatic rings. The number of hydrogen-bond donors (Lipinski definition) is 4. The van der Waals surface area contributed by atoms with Gasteiger partial charge in [0.25, 0.3) is 5.91 Å². The van der Waals surface area contributed by atoms with E-state index in [1.54, 1.807) is 36.4 Å². The number of phenolic OH excluding ortho intramolecular Hbond substituents is 1. The molecule has 5 rings (SSSR count). The van der Waals surface area contributed by atoms with Gasteiger partial charge in [-0.1, -0.05) is 72.8 Å². The van der Waals surface area contributed by atoms with E-state index in [0.29, 0.717) is 17.0 Å². The van der Waals surface area contributed by atoms with Crippen LogP contribution in [0, 0.1) is 0 Å². The number of hydrogen-bond acceptors (Lipinski definition) is 7. The number of phenols is 1. The van der Waals surface area contributed by atoms with Crippen LogP contribution >= 0.6 is 0 Å². The lowest BCUT2D eigenvalue weighted by molar-refractivity contribution is -0.265. The van der Waals surface area contributed by atoms with Crippen LogP contribution < -0.4 is 5.32 Å². The molecule has 2 unspecified atom stereocenters.